The Morgan fingerprint density at radius 3 is 3.09 bits per heavy atom. The fourth-order valence-corrected chi connectivity index (χ4v) is 0.866. The maximum Gasteiger partial charge on any atom is 0.128 e. The van der Waals surface area contributed by atoms with Crippen molar-refractivity contribution in [2.45, 2.75) is 6.54 Å². The van der Waals surface area contributed by atoms with Crippen LogP contribution in [-0.2, 0) is 6.54 Å². The summed E-state index contributed by atoms with van der Waals surface area (Å²) in [6, 6.07) is 0. The molecule has 0 aliphatic carbocycles. The van der Waals surface area contributed by atoms with E-state index in [9.17, 15) is 0 Å². The lowest BCUT2D eigenvalue weighted by atomic mass is 10.3. The van der Waals surface area contributed by atoms with E-state index in [1.165, 1.54) is 0 Å². The fourth-order valence-electron chi connectivity index (χ4n) is 0.866. The number of rotatable bonds is 4. The van der Waals surface area contributed by atoms with Gasteiger partial charge in [-0.2, -0.15) is 0 Å². The molecule has 0 aliphatic heterocycles. The summed E-state index contributed by atoms with van der Waals surface area (Å²) >= 11 is 0. The largest absolute Gasteiger partial charge is 0.395 e. The normalized spacial score (nSPS) is 10.8. The Morgan fingerprint density at radius 2 is 2.55 bits per heavy atom. The van der Waals surface area contributed by atoms with Gasteiger partial charge in [0.15, 0.2) is 0 Å². The molecule has 0 spiro atoms. The summed E-state index contributed by atoms with van der Waals surface area (Å²) in [6.45, 7) is 1.62. The van der Waals surface area contributed by atoms with Gasteiger partial charge in [0.2, 0.25) is 0 Å². The molecule has 1 heterocycles. The smallest absolute Gasteiger partial charge is 0.128 e. The van der Waals surface area contributed by atoms with Crippen molar-refractivity contribution < 1.29 is 9.63 Å². The van der Waals surface area contributed by atoms with E-state index in [0.29, 0.717) is 6.54 Å². The highest BCUT2D eigenvalue weighted by Gasteiger charge is 1.99. The lowest BCUT2D eigenvalue weighted by Gasteiger charge is -2.12. The lowest BCUT2D eigenvalue weighted by molar-refractivity contribution is 0.217. The molecule has 0 saturated heterocycles. The van der Waals surface area contributed by atoms with Crippen LogP contribution in [0.25, 0.3) is 0 Å². The van der Waals surface area contributed by atoms with E-state index in [-0.39, 0.29) is 6.61 Å². The van der Waals surface area contributed by atoms with Crippen molar-refractivity contribution in [3.63, 3.8) is 0 Å². The number of likely N-dealkylation sites (N-methyl/N-ethyl adjacent to an activating group) is 1. The van der Waals surface area contributed by atoms with E-state index >= 15 is 0 Å². The van der Waals surface area contributed by atoms with Crippen molar-refractivity contribution in [2.24, 2.45) is 0 Å². The van der Waals surface area contributed by atoms with E-state index < -0.39 is 0 Å². The molecule has 1 rings (SSSR count). The molecule has 0 unspecified atom stereocenters. The molecular weight excluding hydrogens is 144 g/mol. The van der Waals surface area contributed by atoms with Gasteiger partial charge in [-0.3, -0.25) is 4.90 Å². The monoisotopic (exact) mass is 156 g/mol. The van der Waals surface area contributed by atoms with Crippen molar-refractivity contribution in [3.05, 3.63) is 18.0 Å². The maximum atomic E-state index is 8.58. The van der Waals surface area contributed by atoms with Crippen LogP contribution in [0.5, 0.6) is 0 Å². The van der Waals surface area contributed by atoms with Crippen molar-refractivity contribution in [3.8, 4) is 0 Å². The Balaban J connectivity index is 2.31. The maximum absolute atomic E-state index is 8.58. The molecule has 0 atom stereocenters. The second-order valence-corrected chi connectivity index (χ2v) is 2.49. The second-order valence-electron chi connectivity index (χ2n) is 2.49. The van der Waals surface area contributed by atoms with Crippen molar-refractivity contribution in [1.29, 1.82) is 0 Å². The van der Waals surface area contributed by atoms with Crippen molar-refractivity contribution in [1.82, 2.24) is 10.1 Å². The third-order valence-electron chi connectivity index (χ3n) is 1.42. The first-order valence-corrected chi connectivity index (χ1v) is 3.50. The third kappa shape index (κ3) is 2.69. The summed E-state index contributed by atoms with van der Waals surface area (Å²) in [5, 5.41) is 12.2. The lowest BCUT2D eigenvalue weighted by Crippen LogP contribution is -2.21. The Bertz CT molecular complexity index is 186. The molecule has 0 aromatic carbocycles. The minimum absolute atomic E-state index is 0.182. The molecule has 0 radical (unpaired) electrons. The highest BCUT2D eigenvalue weighted by molar-refractivity contribution is 4.99. The summed E-state index contributed by atoms with van der Waals surface area (Å²) in [4.78, 5) is 1.99. The average Bonchev–Trinajstić information content (AvgIpc) is 2.40. The zero-order chi connectivity index (χ0) is 8.10. The molecule has 1 aromatic heterocycles. The van der Waals surface area contributed by atoms with Gasteiger partial charge in [0, 0.05) is 18.7 Å². The first kappa shape index (κ1) is 8.23. The Morgan fingerprint density at radius 1 is 1.73 bits per heavy atom. The van der Waals surface area contributed by atoms with Gasteiger partial charge in [-0.1, -0.05) is 5.16 Å². The van der Waals surface area contributed by atoms with E-state index in [4.69, 9.17) is 5.11 Å². The zero-order valence-corrected chi connectivity index (χ0v) is 6.53. The Labute approximate surface area is 65.4 Å². The molecule has 1 N–H and O–H groups in total. The van der Waals surface area contributed by atoms with Crippen LogP contribution in [0.15, 0.2) is 17.0 Å². The van der Waals surface area contributed by atoms with Crippen LogP contribution in [0.1, 0.15) is 5.56 Å². The van der Waals surface area contributed by atoms with Crippen molar-refractivity contribution in [2.75, 3.05) is 20.2 Å². The van der Waals surface area contributed by atoms with E-state index in [1.807, 2.05) is 11.9 Å². The van der Waals surface area contributed by atoms with E-state index in [2.05, 4.69) is 9.68 Å². The summed E-state index contributed by atoms with van der Waals surface area (Å²) in [5.41, 5.74) is 1.03. The van der Waals surface area contributed by atoms with E-state index in [0.717, 1.165) is 12.1 Å². The van der Waals surface area contributed by atoms with Gasteiger partial charge in [-0.15, -0.1) is 0 Å². The predicted molar refractivity (Wildman–Crippen MR) is 39.9 cm³/mol. The van der Waals surface area contributed by atoms with Crippen LogP contribution in [0, 0.1) is 0 Å². The molecule has 0 bridgehead atoms. The molecule has 0 fully saturated rings. The van der Waals surface area contributed by atoms with Gasteiger partial charge in [0.1, 0.15) is 6.26 Å². The zero-order valence-electron chi connectivity index (χ0n) is 6.53. The SMILES string of the molecule is CN(CCO)Cc1cnoc1. The predicted octanol–water partition coefficient (Wildman–Crippen LogP) is 0.0987. The topological polar surface area (TPSA) is 49.5 Å². The second kappa shape index (κ2) is 4.10. The van der Waals surface area contributed by atoms with Gasteiger partial charge in [0.05, 0.1) is 12.8 Å². The number of aliphatic hydroxyl groups is 1. The Hall–Kier alpha value is -0.870. The number of nitrogens with zero attached hydrogens (tertiary/aromatic N) is 2. The summed E-state index contributed by atoms with van der Waals surface area (Å²) in [6.07, 6.45) is 3.28. The minimum atomic E-state index is 0.182. The summed E-state index contributed by atoms with van der Waals surface area (Å²) in [7, 11) is 1.93. The molecule has 62 valence electrons. The van der Waals surface area contributed by atoms with Gasteiger partial charge < -0.3 is 9.63 Å². The summed E-state index contributed by atoms with van der Waals surface area (Å²) in [5.74, 6) is 0. The molecular formula is C7H12N2O2. The highest BCUT2D eigenvalue weighted by atomic mass is 16.5. The molecule has 0 aliphatic rings. The van der Waals surface area contributed by atoms with Crippen LogP contribution in [0.4, 0.5) is 0 Å². The molecule has 11 heavy (non-hydrogen) atoms. The first-order chi connectivity index (χ1) is 5.33. The molecule has 4 heteroatoms. The van der Waals surface area contributed by atoms with Crippen LogP contribution in [0.2, 0.25) is 0 Å². The van der Waals surface area contributed by atoms with Crippen molar-refractivity contribution >= 4 is 0 Å². The fraction of sp³-hybridized carbons (Fsp3) is 0.571. The van der Waals surface area contributed by atoms with Crippen LogP contribution in [-0.4, -0.2) is 35.4 Å². The molecule has 1 aromatic rings. The van der Waals surface area contributed by atoms with Gasteiger partial charge in [-0.25, -0.2) is 0 Å². The van der Waals surface area contributed by atoms with E-state index in [1.54, 1.807) is 12.5 Å². The number of aliphatic hydroxyl groups excluding tert-OH is 1. The van der Waals surface area contributed by atoms with Crippen LogP contribution in [0.3, 0.4) is 0 Å². The van der Waals surface area contributed by atoms with Crippen LogP contribution < -0.4 is 0 Å². The van der Waals surface area contributed by atoms with Gasteiger partial charge in [0.25, 0.3) is 0 Å². The Kier molecular flexibility index (Phi) is 3.07. The van der Waals surface area contributed by atoms with Gasteiger partial charge in [-0.05, 0) is 7.05 Å². The molecule has 0 amide bonds. The number of hydrogen-bond acceptors (Lipinski definition) is 4. The average molecular weight is 156 g/mol. The number of hydrogen-bond donors (Lipinski definition) is 1. The third-order valence-corrected chi connectivity index (χ3v) is 1.42. The van der Waals surface area contributed by atoms with Gasteiger partial charge >= 0.3 is 0 Å². The molecule has 0 saturated carbocycles. The highest BCUT2D eigenvalue weighted by Crippen LogP contribution is 1.99. The minimum Gasteiger partial charge on any atom is -0.395 e. The quantitative estimate of drug-likeness (QED) is 0.671. The first-order valence-electron chi connectivity index (χ1n) is 3.50. The number of aromatic nitrogens is 1. The molecule has 4 nitrogen and oxygen atoms in total. The standard InChI is InChI=1S/C7H12N2O2/c1-9(2-3-10)5-7-4-8-11-6-7/h4,6,10H,2-3,5H2,1H3. The van der Waals surface area contributed by atoms with Crippen LogP contribution >= 0.6 is 0 Å². The summed E-state index contributed by atoms with van der Waals surface area (Å²) < 4.78 is 4.65.